The first-order valence-electron chi connectivity index (χ1n) is 8.16. The highest BCUT2D eigenvalue weighted by atomic mass is 19.1. The first kappa shape index (κ1) is 19.5. The predicted octanol–water partition coefficient (Wildman–Crippen LogP) is 2.89. The van der Waals surface area contributed by atoms with Crippen LogP contribution < -0.4 is 20.1 Å². The first-order valence-corrected chi connectivity index (χ1v) is 8.16. The van der Waals surface area contributed by atoms with Gasteiger partial charge in [-0.05, 0) is 42.3 Å². The van der Waals surface area contributed by atoms with Crippen molar-refractivity contribution in [2.24, 2.45) is 4.99 Å². The van der Waals surface area contributed by atoms with E-state index >= 15 is 0 Å². The van der Waals surface area contributed by atoms with Crippen molar-refractivity contribution in [3.63, 3.8) is 0 Å². The zero-order chi connectivity index (χ0) is 18.9. The Kier molecular flexibility index (Phi) is 7.20. The molecule has 5 nitrogen and oxygen atoms in total. The van der Waals surface area contributed by atoms with E-state index < -0.39 is 11.6 Å². The van der Waals surface area contributed by atoms with Crippen molar-refractivity contribution in [3.8, 4) is 11.5 Å². The summed E-state index contributed by atoms with van der Waals surface area (Å²) in [4.78, 5) is 4.08. The molecular weight excluding hydrogens is 340 g/mol. The molecule has 0 bridgehead atoms. The summed E-state index contributed by atoms with van der Waals surface area (Å²) in [7, 11) is 4.81. The second kappa shape index (κ2) is 9.60. The van der Waals surface area contributed by atoms with Crippen molar-refractivity contribution in [2.75, 3.05) is 27.8 Å². The van der Waals surface area contributed by atoms with Gasteiger partial charge in [-0.15, -0.1) is 0 Å². The van der Waals surface area contributed by atoms with Crippen molar-refractivity contribution in [3.05, 3.63) is 59.2 Å². The number of rotatable bonds is 7. The molecule has 2 aromatic carbocycles. The second-order valence-electron chi connectivity index (χ2n) is 5.53. The van der Waals surface area contributed by atoms with Gasteiger partial charge in [0.25, 0.3) is 0 Å². The van der Waals surface area contributed by atoms with Crippen molar-refractivity contribution >= 4 is 5.96 Å². The molecule has 0 saturated carbocycles. The van der Waals surface area contributed by atoms with E-state index in [1.165, 1.54) is 6.07 Å². The van der Waals surface area contributed by atoms with E-state index in [0.29, 0.717) is 24.0 Å². The summed E-state index contributed by atoms with van der Waals surface area (Å²) >= 11 is 0. The summed E-state index contributed by atoms with van der Waals surface area (Å²) < 4.78 is 37.3. The van der Waals surface area contributed by atoms with E-state index in [4.69, 9.17) is 9.47 Å². The Hall–Kier alpha value is -2.83. The summed E-state index contributed by atoms with van der Waals surface area (Å²) in [6.45, 7) is 0.750. The van der Waals surface area contributed by atoms with Gasteiger partial charge in [0.1, 0.15) is 11.6 Å². The van der Waals surface area contributed by atoms with Crippen LogP contribution in [0.15, 0.2) is 41.4 Å². The number of halogens is 2. The molecule has 0 heterocycles. The molecule has 0 unspecified atom stereocenters. The summed E-state index contributed by atoms with van der Waals surface area (Å²) in [5.74, 6) is 0.932. The minimum absolute atomic E-state index is 0.139. The van der Waals surface area contributed by atoms with Crippen LogP contribution in [0.4, 0.5) is 8.78 Å². The number of hydrogen-bond acceptors (Lipinski definition) is 3. The Morgan fingerprint density at radius 3 is 2.46 bits per heavy atom. The summed E-state index contributed by atoms with van der Waals surface area (Å²) in [6, 6.07) is 9.10. The lowest BCUT2D eigenvalue weighted by Gasteiger charge is -2.13. The summed E-state index contributed by atoms with van der Waals surface area (Å²) in [6.07, 6.45) is 0.732. The lowest BCUT2D eigenvalue weighted by molar-refractivity contribution is 0.354. The topological polar surface area (TPSA) is 54.9 Å². The van der Waals surface area contributed by atoms with E-state index in [-0.39, 0.29) is 12.1 Å². The lowest BCUT2D eigenvalue weighted by Crippen LogP contribution is -2.38. The summed E-state index contributed by atoms with van der Waals surface area (Å²) in [5.41, 5.74) is 1.31. The lowest BCUT2D eigenvalue weighted by atomic mass is 10.1. The average Bonchev–Trinajstić information content (AvgIpc) is 2.66. The average molecular weight is 363 g/mol. The van der Waals surface area contributed by atoms with Crippen molar-refractivity contribution in [1.29, 1.82) is 0 Å². The predicted molar refractivity (Wildman–Crippen MR) is 97.8 cm³/mol. The molecule has 0 fully saturated rings. The Bertz CT molecular complexity index is 766. The van der Waals surface area contributed by atoms with Gasteiger partial charge >= 0.3 is 0 Å². The smallest absolute Gasteiger partial charge is 0.191 e. The molecule has 0 saturated heterocycles. The number of hydrogen-bond donors (Lipinski definition) is 2. The minimum atomic E-state index is -0.473. The fraction of sp³-hybridized carbons (Fsp3) is 0.316. The van der Waals surface area contributed by atoms with Gasteiger partial charge in [0.2, 0.25) is 0 Å². The van der Waals surface area contributed by atoms with Gasteiger partial charge in [0, 0.05) is 25.7 Å². The van der Waals surface area contributed by atoms with Crippen LogP contribution in [0.5, 0.6) is 11.5 Å². The second-order valence-corrected chi connectivity index (χ2v) is 5.53. The first-order chi connectivity index (χ1) is 12.6. The molecule has 0 aromatic heterocycles. The normalized spacial score (nSPS) is 11.2. The molecular formula is C19H23F2N3O2. The van der Waals surface area contributed by atoms with E-state index in [1.807, 2.05) is 18.2 Å². The summed E-state index contributed by atoms with van der Waals surface area (Å²) in [5, 5.41) is 6.11. The zero-order valence-corrected chi connectivity index (χ0v) is 15.1. The van der Waals surface area contributed by atoms with E-state index in [0.717, 1.165) is 24.1 Å². The molecule has 0 radical (unpaired) electrons. The molecule has 0 atom stereocenters. The molecule has 2 rings (SSSR count). The van der Waals surface area contributed by atoms with Crippen molar-refractivity contribution in [2.45, 2.75) is 13.0 Å². The van der Waals surface area contributed by atoms with E-state index in [1.54, 1.807) is 21.3 Å². The van der Waals surface area contributed by atoms with Crippen LogP contribution in [0.1, 0.15) is 11.1 Å². The Morgan fingerprint density at radius 1 is 1.00 bits per heavy atom. The number of nitrogens with one attached hydrogen (secondary N) is 2. The van der Waals surface area contributed by atoms with Crippen molar-refractivity contribution < 1.29 is 18.3 Å². The maximum atomic E-state index is 13.6. The number of nitrogens with zero attached hydrogens (tertiary/aromatic N) is 1. The van der Waals surface area contributed by atoms with Crippen LogP contribution in [0.3, 0.4) is 0 Å². The van der Waals surface area contributed by atoms with Crippen LogP contribution in [-0.2, 0) is 13.0 Å². The van der Waals surface area contributed by atoms with Crippen LogP contribution in [0.2, 0.25) is 0 Å². The van der Waals surface area contributed by atoms with Gasteiger partial charge < -0.3 is 20.1 Å². The van der Waals surface area contributed by atoms with Crippen LogP contribution in [0.25, 0.3) is 0 Å². The van der Waals surface area contributed by atoms with Gasteiger partial charge in [0.15, 0.2) is 17.5 Å². The molecule has 26 heavy (non-hydrogen) atoms. The number of ether oxygens (including phenoxy) is 2. The van der Waals surface area contributed by atoms with Crippen LogP contribution in [-0.4, -0.2) is 33.8 Å². The zero-order valence-electron chi connectivity index (χ0n) is 15.1. The monoisotopic (exact) mass is 363 g/mol. The molecule has 0 aliphatic carbocycles. The van der Waals surface area contributed by atoms with Gasteiger partial charge in [-0.1, -0.05) is 6.07 Å². The number of methoxy groups -OCH3 is 2. The third kappa shape index (κ3) is 5.34. The maximum Gasteiger partial charge on any atom is 0.191 e. The highest BCUT2D eigenvalue weighted by Gasteiger charge is 2.07. The fourth-order valence-corrected chi connectivity index (χ4v) is 2.44. The van der Waals surface area contributed by atoms with E-state index in [9.17, 15) is 8.78 Å². The molecule has 2 N–H and O–H groups in total. The standard InChI is InChI=1S/C19H23F2N3O2/c1-22-19(24-12-14-11-15(20)5-6-16(14)21)23-9-8-13-4-7-17(25-2)18(10-13)26-3/h4-7,10-11H,8-9,12H2,1-3H3,(H2,22,23,24). The largest absolute Gasteiger partial charge is 0.493 e. The fourth-order valence-electron chi connectivity index (χ4n) is 2.44. The Labute approximate surface area is 152 Å². The Balaban J connectivity index is 1.86. The van der Waals surface area contributed by atoms with Crippen LogP contribution in [0, 0.1) is 11.6 Å². The van der Waals surface area contributed by atoms with Gasteiger partial charge in [-0.3, -0.25) is 4.99 Å². The highest BCUT2D eigenvalue weighted by Crippen LogP contribution is 2.27. The third-order valence-corrected chi connectivity index (χ3v) is 3.83. The maximum absolute atomic E-state index is 13.6. The highest BCUT2D eigenvalue weighted by molar-refractivity contribution is 5.79. The van der Waals surface area contributed by atoms with Gasteiger partial charge in [-0.25, -0.2) is 8.78 Å². The van der Waals surface area contributed by atoms with E-state index in [2.05, 4.69) is 15.6 Å². The third-order valence-electron chi connectivity index (χ3n) is 3.83. The SMILES string of the molecule is CN=C(NCCc1ccc(OC)c(OC)c1)NCc1cc(F)ccc1F. The number of benzene rings is 2. The molecule has 0 spiro atoms. The van der Waals surface area contributed by atoms with Gasteiger partial charge in [0.05, 0.1) is 14.2 Å². The van der Waals surface area contributed by atoms with Crippen LogP contribution >= 0.6 is 0 Å². The molecule has 7 heteroatoms. The quantitative estimate of drug-likeness (QED) is 0.587. The van der Waals surface area contributed by atoms with Crippen molar-refractivity contribution in [1.82, 2.24) is 10.6 Å². The van der Waals surface area contributed by atoms with Gasteiger partial charge in [-0.2, -0.15) is 0 Å². The molecule has 0 amide bonds. The molecule has 0 aliphatic heterocycles. The Morgan fingerprint density at radius 2 is 1.77 bits per heavy atom. The minimum Gasteiger partial charge on any atom is -0.493 e. The number of aliphatic imine (C=N–C) groups is 1. The molecule has 0 aliphatic rings. The molecule has 140 valence electrons. The molecule has 2 aromatic rings. The number of guanidine groups is 1.